The van der Waals surface area contributed by atoms with Crippen LogP contribution in [-0.2, 0) is 12.6 Å². The van der Waals surface area contributed by atoms with Crippen LogP contribution in [0.1, 0.15) is 35.6 Å². The number of nitrogens with zero attached hydrogens (tertiary/aromatic N) is 3. The summed E-state index contributed by atoms with van der Waals surface area (Å²) in [6, 6.07) is 9.49. The molecule has 7 nitrogen and oxygen atoms in total. The Morgan fingerprint density at radius 1 is 1.03 bits per heavy atom. The van der Waals surface area contributed by atoms with Crippen LogP contribution in [0.3, 0.4) is 0 Å². The van der Waals surface area contributed by atoms with Crippen molar-refractivity contribution in [3.8, 4) is 17.2 Å². The van der Waals surface area contributed by atoms with Crippen molar-refractivity contribution >= 4 is 5.91 Å². The van der Waals surface area contributed by atoms with Crippen molar-refractivity contribution < 1.29 is 31.8 Å². The van der Waals surface area contributed by atoms with Gasteiger partial charge in [0, 0.05) is 6.54 Å². The van der Waals surface area contributed by atoms with E-state index in [9.17, 15) is 22.4 Å². The Balaban J connectivity index is 1.74. The SMILES string of the molecule is CCOc1ccc(CCNC(=O)c2nnn(-c3ccc(F)cc3)c2C(F)(F)F)cc1OCC. The van der Waals surface area contributed by atoms with Gasteiger partial charge in [0.1, 0.15) is 5.82 Å². The molecule has 11 heteroatoms. The minimum Gasteiger partial charge on any atom is -0.490 e. The Kier molecular flexibility index (Phi) is 7.52. The van der Waals surface area contributed by atoms with Gasteiger partial charge in [-0.25, -0.2) is 9.07 Å². The van der Waals surface area contributed by atoms with E-state index in [-0.39, 0.29) is 12.2 Å². The van der Waals surface area contributed by atoms with E-state index in [1.165, 1.54) is 0 Å². The van der Waals surface area contributed by atoms with Crippen molar-refractivity contribution in [2.45, 2.75) is 26.4 Å². The van der Waals surface area contributed by atoms with E-state index in [4.69, 9.17) is 9.47 Å². The average molecular weight is 466 g/mol. The summed E-state index contributed by atoms with van der Waals surface area (Å²) in [7, 11) is 0. The maximum absolute atomic E-state index is 13.7. The Labute approximate surface area is 187 Å². The second kappa shape index (κ2) is 10.3. The molecule has 1 heterocycles. The van der Waals surface area contributed by atoms with Gasteiger partial charge in [-0.2, -0.15) is 13.2 Å². The van der Waals surface area contributed by atoms with Crippen molar-refractivity contribution in [1.82, 2.24) is 20.3 Å². The third-order valence-electron chi connectivity index (χ3n) is 4.53. The molecule has 0 bridgehead atoms. The summed E-state index contributed by atoms with van der Waals surface area (Å²) in [5.41, 5.74) is -1.49. The van der Waals surface area contributed by atoms with Gasteiger partial charge in [0.25, 0.3) is 5.91 Å². The Morgan fingerprint density at radius 3 is 2.33 bits per heavy atom. The molecule has 0 unspecified atom stereocenters. The van der Waals surface area contributed by atoms with Gasteiger partial charge in [-0.3, -0.25) is 4.79 Å². The number of hydrogen-bond donors (Lipinski definition) is 1. The van der Waals surface area contributed by atoms with E-state index in [1.807, 2.05) is 13.8 Å². The number of aromatic nitrogens is 3. The number of carbonyl (C=O) groups is 1. The first-order valence-corrected chi connectivity index (χ1v) is 10.2. The zero-order chi connectivity index (χ0) is 24.0. The molecule has 0 spiro atoms. The maximum atomic E-state index is 13.7. The van der Waals surface area contributed by atoms with Crippen LogP contribution in [0.5, 0.6) is 11.5 Å². The molecule has 3 aromatic rings. The van der Waals surface area contributed by atoms with Crippen molar-refractivity contribution in [3.05, 3.63) is 65.2 Å². The number of benzene rings is 2. The molecule has 3 rings (SSSR count). The number of ether oxygens (including phenoxy) is 2. The zero-order valence-electron chi connectivity index (χ0n) is 17.9. The predicted octanol–water partition coefficient (Wildman–Crippen LogP) is 4.20. The van der Waals surface area contributed by atoms with Gasteiger partial charge < -0.3 is 14.8 Å². The van der Waals surface area contributed by atoms with Gasteiger partial charge in [-0.15, -0.1) is 5.10 Å². The molecule has 0 saturated heterocycles. The van der Waals surface area contributed by atoms with E-state index in [2.05, 4.69) is 15.6 Å². The van der Waals surface area contributed by atoms with Gasteiger partial charge in [0.2, 0.25) is 0 Å². The molecule has 1 amide bonds. The molecule has 0 saturated carbocycles. The van der Waals surface area contributed by atoms with Gasteiger partial charge in [-0.05, 0) is 62.2 Å². The highest BCUT2D eigenvalue weighted by Gasteiger charge is 2.42. The fraction of sp³-hybridized carbons (Fsp3) is 0.318. The van der Waals surface area contributed by atoms with Crippen molar-refractivity contribution in [1.29, 1.82) is 0 Å². The standard InChI is InChI=1S/C22H22F4N4O3/c1-3-32-17-10-5-14(13-18(17)33-4-2)11-12-27-21(31)19-20(22(24,25)26)30(29-28-19)16-8-6-15(23)7-9-16/h5-10,13H,3-4,11-12H2,1-2H3,(H,27,31). The lowest BCUT2D eigenvalue weighted by Crippen LogP contribution is -2.29. The van der Waals surface area contributed by atoms with E-state index in [0.717, 1.165) is 29.8 Å². The summed E-state index contributed by atoms with van der Waals surface area (Å²) < 4.78 is 65.7. The summed E-state index contributed by atoms with van der Waals surface area (Å²) in [6.45, 7) is 4.64. The molecule has 0 atom stereocenters. The van der Waals surface area contributed by atoms with Crippen LogP contribution in [-0.4, -0.2) is 40.7 Å². The molecular weight excluding hydrogens is 444 g/mol. The van der Waals surface area contributed by atoms with E-state index in [0.29, 0.717) is 35.8 Å². The lowest BCUT2D eigenvalue weighted by Gasteiger charge is -2.13. The maximum Gasteiger partial charge on any atom is 0.435 e. The average Bonchev–Trinajstić information content (AvgIpc) is 3.22. The van der Waals surface area contributed by atoms with Crippen LogP contribution in [0.25, 0.3) is 5.69 Å². The molecule has 1 aromatic heterocycles. The number of carbonyl (C=O) groups excluding carboxylic acids is 1. The topological polar surface area (TPSA) is 78.3 Å². The molecule has 0 fully saturated rings. The normalized spacial score (nSPS) is 11.3. The van der Waals surface area contributed by atoms with Crippen LogP contribution < -0.4 is 14.8 Å². The molecule has 0 aliphatic heterocycles. The van der Waals surface area contributed by atoms with Gasteiger partial charge in [0.05, 0.1) is 18.9 Å². The number of rotatable bonds is 9. The molecule has 0 radical (unpaired) electrons. The predicted molar refractivity (Wildman–Crippen MR) is 111 cm³/mol. The third-order valence-corrected chi connectivity index (χ3v) is 4.53. The number of halogens is 4. The molecule has 1 N–H and O–H groups in total. The largest absolute Gasteiger partial charge is 0.490 e. The molecule has 0 aliphatic carbocycles. The van der Waals surface area contributed by atoms with Crippen LogP contribution in [0.15, 0.2) is 42.5 Å². The summed E-state index contributed by atoms with van der Waals surface area (Å²) in [5.74, 6) is -0.511. The first-order chi connectivity index (χ1) is 15.7. The van der Waals surface area contributed by atoms with Crippen molar-refractivity contribution in [2.24, 2.45) is 0 Å². The van der Waals surface area contributed by atoms with Crippen molar-refractivity contribution in [3.63, 3.8) is 0 Å². The quantitative estimate of drug-likeness (QED) is 0.479. The van der Waals surface area contributed by atoms with Crippen LogP contribution in [0.2, 0.25) is 0 Å². The van der Waals surface area contributed by atoms with Crippen LogP contribution in [0.4, 0.5) is 17.6 Å². The minimum absolute atomic E-state index is 0.0546. The minimum atomic E-state index is -4.91. The number of hydrogen-bond acceptors (Lipinski definition) is 5. The Morgan fingerprint density at radius 2 is 1.70 bits per heavy atom. The highest BCUT2D eigenvalue weighted by atomic mass is 19.4. The highest BCUT2D eigenvalue weighted by molar-refractivity contribution is 5.93. The van der Waals surface area contributed by atoms with Crippen LogP contribution in [0, 0.1) is 5.82 Å². The summed E-state index contributed by atoms with van der Waals surface area (Å²) in [4.78, 5) is 12.5. The van der Waals surface area contributed by atoms with Gasteiger partial charge in [-0.1, -0.05) is 11.3 Å². The van der Waals surface area contributed by atoms with Gasteiger partial charge in [0.15, 0.2) is 22.9 Å². The third kappa shape index (κ3) is 5.79. The fourth-order valence-corrected chi connectivity index (χ4v) is 3.11. The summed E-state index contributed by atoms with van der Waals surface area (Å²) >= 11 is 0. The first-order valence-electron chi connectivity index (χ1n) is 10.2. The summed E-state index contributed by atoms with van der Waals surface area (Å²) in [5, 5.41) is 9.33. The molecule has 2 aromatic carbocycles. The number of alkyl halides is 3. The van der Waals surface area contributed by atoms with E-state index in [1.54, 1.807) is 18.2 Å². The lowest BCUT2D eigenvalue weighted by molar-refractivity contribution is -0.143. The molecule has 33 heavy (non-hydrogen) atoms. The highest BCUT2D eigenvalue weighted by Crippen LogP contribution is 2.33. The monoisotopic (exact) mass is 466 g/mol. The number of nitrogens with one attached hydrogen (secondary N) is 1. The molecular formula is C22H22F4N4O3. The van der Waals surface area contributed by atoms with E-state index < -0.39 is 29.3 Å². The Bertz CT molecular complexity index is 1100. The fourth-order valence-electron chi connectivity index (χ4n) is 3.11. The van der Waals surface area contributed by atoms with Gasteiger partial charge >= 0.3 is 6.18 Å². The zero-order valence-corrected chi connectivity index (χ0v) is 17.9. The van der Waals surface area contributed by atoms with Crippen LogP contribution >= 0.6 is 0 Å². The van der Waals surface area contributed by atoms with Crippen molar-refractivity contribution in [2.75, 3.05) is 19.8 Å². The number of amides is 1. The molecule has 176 valence electrons. The Hall–Kier alpha value is -3.63. The second-order valence-electron chi connectivity index (χ2n) is 6.83. The van der Waals surface area contributed by atoms with E-state index >= 15 is 0 Å². The lowest BCUT2D eigenvalue weighted by atomic mass is 10.1. The smallest absolute Gasteiger partial charge is 0.435 e. The second-order valence-corrected chi connectivity index (χ2v) is 6.83. The summed E-state index contributed by atoms with van der Waals surface area (Å²) in [6.07, 6.45) is -4.57. The molecule has 0 aliphatic rings. The first kappa shape index (κ1) is 24.0.